The first kappa shape index (κ1) is 28.8. The highest BCUT2D eigenvalue weighted by Crippen LogP contribution is 2.32. The number of hydrogen-bond acceptors (Lipinski definition) is 4. The average Bonchev–Trinajstić information content (AvgIpc) is 3.38. The van der Waals surface area contributed by atoms with E-state index in [1.807, 2.05) is 39.0 Å². The van der Waals surface area contributed by atoms with Gasteiger partial charge in [-0.05, 0) is 95.0 Å². The van der Waals surface area contributed by atoms with Gasteiger partial charge in [-0.15, -0.1) is 0 Å². The molecule has 0 saturated heterocycles. The molecule has 1 aliphatic heterocycles. The zero-order chi connectivity index (χ0) is 29.6. The number of carbonyl (C=O) groups excluding carboxylic acids is 1. The number of hydrogen-bond donors (Lipinski definition) is 0. The maximum absolute atomic E-state index is 14.1. The second-order valence-electron chi connectivity index (χ2n) is 10.5. The predicted molar refractivity (Wildman–Crippen MR) is 168 cm³/mol. The maximum Gasteiger partial charge on any atom is 0.271 e. The maximum atomic E-state index is 14.1. The van der Waals surface area contributed by atoms with Crippen LogP contribution in [0.4, 0.5) is 0 Å². The Morgan fingerprint density at radius 2 is 1.66 bits per heavy atom. The van der Waals surface area contributed by atoms with Gasteiger partial charge in [0.25, 0.3) is 11.5 Å². The summed E-state index contributed by atoms with van der Waals surface area (Å²) in [4.78, 5) is 35.1. The number of likely N-dealkylation sites (N-methyl/N-ethyl adjacent to an activating group) is 1. The average molecular weight is 587 g/mol. The Balaban J connectivity index is 1.71. The first-order chi connectivity index (χ1) is 19.6. The van der Waals surface area contributed by atoms with Crippen molar-refractivity contribution in [2.45, 2.75) is 54.5 Å². The molecular weight excluding hydrogens is 552 g/mol. The molecule has 0 aliphatic carbocycles. The Morgan fingerprint density at radius 1 is 1.02 bits per heavy atom. The van der Waals surface area contributed by atoms with Crippen molar-refractivity contribution >= 4 is 34.9 Å². The third-order valence-electron chi connectivity index (χ3n) is 7.91. The third kappa shape index (κ3) is 5.02. The molecule has 6 nitrogen and oxygen atoms in total. The molecule has 41 heavy (non-hydrogen) atoms. The van der Waals surface area contributed by atoms with Gasteiger partial charge in [-0.25, -0.2) is 4.99 Å². The van der Waals surface area contributed by atoms with Crippen LogP contribution in [0.5, 0.6) is 0 Å². The summed E-state index contributed by atoms with van der Waals surface area (Å²) in [6, 6.07) is 15.2. The van der Waals surface area contributed by atoms with Gasteiger partial charge < -0.3 is 9.47 Å². The van der Waals surface area contributed by atoms with Crippen molar-refractivity contribution in [1.82, 2.24) is 14.0 Å². The molecule has 0 bridgehead atoms. The first-order valence-corrected chi connectivity index (χ1v) is 15.1. The summed E-state index contributed by atoms with van der Waals surface area (Å²) < 4.78 is 4.51. The standard InChI is InChI=1S/C33H35ClN4O2S/c1-8-36(9-2)32(40)28-22(6)35-33-38(30(28)24-13-15-26(34)16-14-24)31(39)27(41-33)18-25-17-21(5)37(23(25)7)29-19(3)11-10-12-20(29)4/h10-18,30H,8-9H2,1-7H3/b27-18+/t30-/m1/s1. The molecule has 0 radical (unpaired) electrons. The van der Waals surface area contributed by atoms with E-state index in [1.54, 1.807) is 21.6 Å². The summed E-state index contributed by atoms with van der Waals surface area (Å²) in [6.45, 7) is 15.3. The number of carbonyl (C=O) groups is 1. The summed E-state index contributed by atoms with van der Waals surface area (Å²) in [7, 11) is 0. The lowest BCUT2D eigenvalue weighted by atomic mass is 9.94. The quantitative estimate of drug-likeness (QED) is 0.287. The van der Waals surface area contributed by atoms with Crippen molar-refractivity contribution in [2.75, 3.05) is 13.1 Å². The fraction of sp³-hybridized carbons (Fsp3) is 0.303. The van der Waals surface area contributed by atoms with E-state index in [4.69, 9.17) is 16.6 Å². The fourth-order valence-electron chi connectivity index (χ4n) is 5.81. The summed E-state index contributed by atoms with van der Waals surface area (Å²) >= 11 is 7.57. The zero-order valence-electron chi connectivity index (χ0n) is 24.6. The minimum Gasteiger partial charge on any atom is -0.339 e. The number of halogens is 1. The molecule has 2 aromatic heterocycles. The number of para-hydroxylation sites is 1. The van der Waals surface area contributed by atoms with Gasteiger partial charge in [0.15, 0.2) is 4.80 Å². The van der Waals surface area contributed by atoms with Crippen LogP contribution in [0.2, 0.25) is 5.02 Å². The van der Waals surface area contributed by atoms with Crippen LogP contribution in [0.25, 0.3) is 11.8 Å². The second kappa shape index (κ2) is 11.3. The summed E-state index contributed by atoms with van der Waals surface area (Å²) in [5.41, 5.74) is 8.50. The molecule has 0 spiro atoms. The number of allylic oxidation sites excluding steroid dienone is 1. The van der Waals surface area contributed by atoms with Crippen LogP contribution in [0.3, 0.4) is 0 Å². The minimum absolute atomic E-state index is 0.109. The number of amides is 1. The molecule has 0 unspecified atom stereocenters. The van der Waals surface area contributed by atoms with Crippen molar-refractivity contribution < 1.29 is 4.79 Å². The largest absolute Gasteiger partial charge is 0.339 e. The molecule has 212 valence electrons. The van der Waals surface area contributed by atoms with Crippen LogP contribution in [-0.2, 0) is 4.79 Å². The van der Waals surface area contributed by atoms with Crippen molar-refractivity contribution in [3.8, 4) is 5.69 Å². The minimum atomic E-state index is -0.596. The molecule has 1 aliphatic rings. The van der Waals surface area contributed by atoms with Crippen LogP contribution >= 0.6 is 22.9 Å². The molecule has 0 saturated carbocycles. The van der Waals surface area contributed by atoms with E-state index in [0.29, 0.717) is 38.7 Å². The Hall–Kier alpha value is -3.68. The molecule has 0 fully saturated rings. The number of nitrogens with zero attached hydrogens (tertiary/aromatic N) is 4. The van der Waals surface area contributed by atoms with Crippen LogP contribution in [0.15, 0.2) is 69.6 Å². The Morgan fingerprint density at radius 3 is 2.27 bits per heavy atom. The van der Waals surface area contributed by atoms with Crippen LogP contribution in [0, 0.1) is 27.7 Å². The molecule has 8 heteroatoms. The number of thiazole rings is 1. The lowest BCUT2D eigenvalue weighted by Crippen LogP contribution is -2.43. The molecule has 2 aromatic carbocycles. The highest BCUT2D eigenvalue weighted by molar-refractivity contribution is 7.07. The normalized spacial score (nSPS) is 15.2. The van der Waals surface area contributed by atoms with Crippen LogP contribution in [0.1, 0.15) is 60.5 Å². The van der Waals surface area contributed by atoms with E-state index in [2.05, 4.69) is 56.5 Å². The summed E-state index contributed by atoms with van der Waals surface area (Å²) in [6.07, 6.45) is 1.96. The first-order valence-electron chi connectivity index (χ1n) is 13.9. The van der Waals surface area contributed by atoms with Crippen molar-refractivity contribution in [1.29, 1.82) is 0 Å². The van der Waals surface area contributed by atoms with Gasteiger partial charge in [-0.1, -0.05) is 53.3 Å². The highest BCUT2D eigenvalue weighted by Gasteiger charge is 2.34. The van der Waals surface area contributed by atoms with Gasteiger partial charge >= 0.3 is 0 Å². The lowest BCUT2D eigenvalue weighted by Gasteiger charge is -2.29. The van der Waals surface area contributed by atoms with Crippen LogP contribution < -0.4 is 14.9 Å². The van der Waals surface area contributed by atoms with E-state index >= 15 is 0 Å². The van der Waals surface area contributed by atoms with Gasteiger partial charge in [0, 0.05) is 29.5 Å². The second-order valence-corrected chi connectivity index (χ2v) is 12.0. The molecule has 3 heterocycles. The van der Waals surface area contributed by atoms with E-state index in [1.165, 1.54) is 28.2 Å². The van der Waals surface area contributed by atoms with Gasteiger partial charge in [0.05, 0.1) is 27.5 Å². The summed E-state index contributed by atoms with van der Waals surface area (Å²) in [5.74, 6) is -0.109. The predicted octanol–water partition coefficient (Wildman–Crippen LogP) is 5.78. The van der Waals surface area contributed by atoms with Crippen molar-refractivity contribution in [2.24, 2.45) is 4.99 Å². The zero-order valence-corrected chi connectivity index (χ0v) is 26.2. The SMILES string of the molecule is CCN(CC)C(=O)C1=C(C)N=c2s/c(=C/c3cc(C)n(-c4c(C)cccc4C)c3C)c(=O)n2[C@@H]1c1ccc(Cl)cc1. The molecule has 4 aromatic rings. The van der Waals surface area contributed by atoms with Crippen LogP contribution in [-0.4, -0.2) is 33.0 Å². The molecule has 0 N–H and O–H groups in total. The molecule has 1 atom stereocenters. The van der Waals surface area contributed by atoms with Gasteiger partial charge in [-0.3, -0.25) is 14.2 Å². The monoisotopic (exact) mass is 586 g/mol. The Bertz CT molecular complexity index is 1850. The number of benzene rings is 2. The Kier molecular flexibility index (Phi) is 7.95. The molecular formula is C33H35ClN4O2S. The van der Waals surface area contributed by atoms with Crippen molar-refractivity contribution in [3.63, 3.8) is 0 Å². The van der Waals surface area contributed by atoms with Crippen molar-refractivity contribution in [3.05, 3.63) is 118 Å². The summed E-state index contributed by atoms with van der Waals surface area (Å²) in [5, 5.41) is 0.595. The lowest BCUT2D eigenvalue weighted by molar-refractivity contribution is -0.127. The smallest absolute Gasteiger partial charge is 0.271 e. The Labute approximate surface area is 249 Å². The van der Waals surface area contributed by atoms with E-state index < -0.39 is 6.04 Å². The van der Waals surface area contributed by atoms with E-state index in [9.17, 15) is 9.59 Å². The molecule has 5 rings (SSSR count). The van der Waals surface area contributed by atoms with E-state index in [0.717, 1.165) is 22.5 Å². The van der Waals surface area contributed by atoms with Gasteiger partial charge in [0.1, 0.15) is 0 Å². The van der Waals surface area contributed by atoms with Gasteiger partial charge in [0.2, 0.25) is 0 Å². The topological polar surface area (TPSA) is 59.6 Å². The number of aromatic nitrogens is 2. The number of rotatable bonds is 6. The number of aryl methyl sites for hydroxylation is 3. The number of fused-ring (bicyclic) bond motifs is 1. The van der Waals surface area contributed by atoms with Gasteiger partial charge in [-0.2, -0.15) is 0 Å². The van der Waals surface area contributed by atoms with E-state index in [-0.39, 0.29) is 11.5 Å². The fourth-order valence-corrected chi connectivity index (χ4v) is 6.98. The highest BCUT2D eigenvalue weighted by atomic mass is 35.5. The third-order valence-corrected chi connectivity index (χ3v) is 9.14. The molecule has 1 amide bonds.